The van der Waals surface area contributed by atoms with Crippen LogP contribution in [-0.4, -0.2) is 59.4 Å². The van der Waals surface area contributed by atoms with E-state index in [9.17, 15) is 14.8 Å². The minimum atomic E-state index is -1.13. The monoisotopic (exact) mass is 449 g/mol. The van der Waals surface area contributed by atoms with Crippen molar-refractivity contribution in [3.63, 3.8) is 0 Å². The molecule has 0 atom stereocenters. The SMILES string of the molecule is COC(=O)C1(c2nc(-c3ccc(C)cc3)c(-c3ccccc3)o2)CCN(C(=O)N(C)O)CC1. The molecule has 8 heteroatoms. The molecule has 3 aromatic rings. The summed E-state index contributed by atoms with van der Waals surface area (Å²) >= 11 is 0. The van der Waals surface area contributed by atoms with E-state index in [1.165, 1.54) is 19.1 Å². The van der Waals surface area contributed by atoms with E-state index in [4.69, 9.17) is 14.1 Å². The number of esters is 1. The molecule has 0 saturated carbocycles. The maximum absolute atomic E-state index is 13.1. The van der Waals surface area contributed by atoms with Crippen molar-refractivity contribution in [1.29, 1.82) is 0 Å². The second-order valence-corrected chi connectivity index (χ2v) is 8.30. The van der Waals surface area contributed by atoms with Crippen molar-refractivity contribution in [2.24, 2.45) is 0 Å². The number of hydrogen-bond acceptors (Lipinski definition) is 6. The number of amides is 2. The number of benzene rings is 2. The van der Waals surface area contributed by atoms with Gasteiger partial charge in [0.05, 0.1) is 7.11 Å². The lowest BCUT2D eigenvalue weighted by Gasteiger charge is -2.38. The number of hydroxylamine groups is 2. The van der Waals surface area contributed by atoms with Gasteiger partial charge in [0, 0.05) is 31.3 Å². The molecular weight excluding hydrogens is 422 g/mol. The number of methoxy groups -OCH3 is 1. The topological polar surface area (TPSA) is 96.1 Å². The van der Waals surface area contributed by atoms with Crippen LogP contribution in [0.5, 0.6) is 0 Å². The lowest BCUT2D eigenvalue weighted by molar-refractivity contribution is -0.150. The number of carbonyl (C=O) groups excluding carboxylic acids is 2. The highest BCUT2D eigenvalue weighted by Gasteiger charge is 2.49. The standard InChI is InChI=1S/C25H27N3O5/c1-17-9-11-18(12-10-17)20-21(19-7-5-4-6-8-19)33-22(26-20)25(23(29)32-3)13-15-28(16-14-25)24(30)27(2)31/h4-12,31H,13-16H2,1-3H3. The van der Waals surface area contributed by atoms with Crippen molar-refractivity contribution >= 4 is 12.0 Å². The molecule has 1 N–H and O–H groups in total. The number of rotatable bonds is 4. The van der Waals surface area contributed by atoms with Crippen LogP contribution in [0.15, 0.2) is 59.0 Å². The van der Waals surface area contributed by atoms with E-state index in [0.717, 1.165) is 16.7 Å². The lowest BCUT2D eigenvalue weighted by Crippen LogP contribution is -2.51. The van der Waals surface area contributed by atoms with Crippen LogP contribution < -0.4 is 0 Å². The number of hydrogen-bond donors (Lipinski definition) is 1. The van der Waals surface area contributed by atoms with Gasteiger partial charge in [0.2, 0.25) is 5.89 Å². The summed E-state index contributed by atoms with van der Waals surface area (Å²) in [5.41, 5.74) is 2.37. The Morgan fingerprint density at radius 3 is 2.27 bits per heavy atom. The third-order valence-corrected chi connectivity index (χ3v) is 6.14. The predicted molar refractivity (Wildman–Crippen MR) is 122 cm³/mol. The van der Waals surface area contributed by atoms with E-state index < -0.39 is 17.4 Å². The van der Waals surface area contributed by atoms with Crippen LogP contribution in [0, 0.1) is 6.92 Å². The summed E-state index contributed by atoms with van der Waals surface area (Å²) in [7, 11) is 2.61. The number of oxazole rings is 1. The lowest BCUT2D eigenvalue weighted by atomic mass is 9.78. The molecule has 0 unspecified atom stereocenters. The molecule has 8 nitrogen and oxygen atoms in total. The highest BCUT2D eigenvalue weighted by atomic mass is 16.5. The zero-order chi connectivity index (χ0) is 23.6. The van der Waals surface area contributed by atoms with Crippen LogP contribution in [-0.2, 0) is 14.9 Å². The molecule has 0 radical (unpaired) electrons. The molecule has 33 heavy (non-hydrogen) atoms. The first-order valence-corrected chi connectivity index (χ1v) is 10.8. The van der Waals surface area contributed by atoms with Crippen LogP contribution in [0.4, 0.5) is 4.79 Å². The second-order valence-electron chi connectivity index (χ2n) is 8.30. The van der Waals surface area contributed by atoms with E-state index in [1.807, 2.05) is 61.5 Å². The number of nitrogens with zero attached hydrogens (tertiary/aromatic N) is 3. The summed E-state index contributed by atoms with van der Waals surface area (Å²) in [5.74, 6) is 0.392. The zero-order valence-corrected chi connectivity index (χ0v) is 18.9. The van der Waals surface area contributed by atoms with Gasteiger partial charge in [-0.1, -0.05) is 60.2 Å². The van der Waals surface area contributed by atoms with Crippen LogP contribution in [0.3, 0.4) is 0 Å². The highest BCUT2D eigenvalue weighted by Crippen LogP contribution is 2.42. The summed E-state index contributed by atoms with van der Waals surface area (Å²) in [4.78, 5) is 31.6. The smallest absolute Gasteiger partial charge is 0.343 e. The number of likely N-dealkylation sites (tertiary alicyclic amines) is 1. The largest absolute Gasteiger partial charge is 0.468 e. The molecule has 2 amide bonds. The van der Waals surface area contributed by atoms with Gasteiger partial charge in [-0.05, 0) is 19.8 Å². The van der Waals surface area contributed by atoms with Gasteiger partial charge >= 0.3 is 12.0 Å². The van der Waals surface area contributed by atoms with Crippen molar-refractivity contribution in [3.8, 4) is 22.6 Å². The minimum absolute atomic E-state index is 0.252. The molecule has 4 rings (SSSR count). The number of aryl methyl sites for hydroxylation is 1. The van der Waals surface area contributed by atoms with Crippen LogP contribution in [0.1, 0.15) is 24.3 Å². The molecule has 172 valence electrons. The van der Waals surface area contributed by atoms with Gasteiger partial charge in [0.1, 0.15) is 11.1 Å². The third-order valence-electron chi connectivity index (χ3n) is 6.14. The quantitative estimate of drug-likeness (QED) is 0.363. The normalized spacial score (nSPS) is 15.2. The van der Waals surface area contributed by atoms with Gasteiger partial charge in [-0.2, -0.15) is 0 Å². The van der Waals surface area contributed by atoms with Crippen LogP contribution >= 0.6 is 0 Å². The molecule has 2 aromatic carbocycles. The van der Waals surface area contributed by atoms with E-state index in [-0.39, 0.29) is 31.8 Å². The summed E-state index contributed by atoms with van der Waals surface area (Å²) in [6.45, 7) is 2.52. The maximum atomic E-state index is 13.1. The van der Waals surface area contributed by atoms with E-state index in [1.54, 1.807) is 0 Å². The van der Waals surface area contributed by atoms with Gasteiger partial charge in [-0.25, -0.2) is 14.8 Å². The fraction of sp³-hybridized carbons (Fsp3) is 0.320. The molecular formula is C25H27N3O5. The molecule has 0 aliphatic carbocycles. The fourth-order valence-electron chi connectivity index (χ4n) is 4.20. The fourth-order valence-corrected chi connectivity index (χ4v) is 4.20. The molecule has 1 fully saturated rings. The molecule has 0 bridgehead atoms. The summed E-state index contributed by atoms with van der Waals surface area (Å²) in [5, 5.41) is 10.0. The molecule has 1 saturated heterocycles. The Balaban J connectivity index is 1.80. The molecule has 0 spiro atoms. The van der Waals surface area contributed by atoms with Gasteiger partial charge < -0.3 is 14.1 Å². The first-order valence-electron chi connectivity index (χ1n) is 10.8. The second kappa shape index (κ2) is 9.07. The Hall–Kier alpha value is -3.65. The van der Waals surface area contributed by atoms with Crippen molar-refractivity contribution < 1.29 is 24.0 Å². The maximum Gasteiger partial charge on any atom is 0.343 e. The molecule has 2 heterocycles. The number of urea groups is 1. The Bertz CT molecular complexity index is 1130. The van der Waals surface area contributed by atoms with Crippen LogP contribution in [0.2, 0.25) is 0 Å². The third kappa shape index (κ3) is 4.21. The van der Waals surface area contributed by atoms with E-state index >= 15 is 0 Å². The number of ether oxygens (including phenoxy) is 1. The van der Waals surface area contributed by atoms with Crippen molar-refractivity contribution in [2.75, 3.05) is 27.2 Å². The van der Waals surface area contributed by atoms with E-state index in [0.29, 0.717) is 16.5 Å². The highest BCUT2D eigenvalue weighted by molar-refractivity contribution is 5.84. The first-order chi connectivity index (χ1) is 15.9. The average Bonchev–Trinajstić information content (AvgIpc) is 3.30. The minimum Gasteiger partial charge on any atom is -0.468 e. The molecule has 1 aromatic heterocycles. The predicted octanol–water partition coefficient (Wildman–Crippen LogP) is 4.26. The summed E-state index contributed by atoms with van der Waals surface area (Å²) in [6, 6.07) is 17.1. The molecule has 1 aliphatic heterocycles. The van der Waals surface area contributed by atoms with Crippen molar-refractivity contribution in [1.82, 2.24) is 14.9 Å². The Labute approximate surface area is 192 Å². The van der Waals surface area contributed by atoms with Crippen molar-refractivity contribution in [2.45, 2.75) is 25.2 Å². The van der Waals surface area contributed by atoms with E-state index in [2.05, 4.69) is 0 Å². The zero-order valence-electron chi connectivity index (χ0n) is 18.9. The number of piperidine rings is 1. The molecule has 1 aliphatic rings. The van der Waals surface area contributed by atoms with Gasteiger partial charge in [0.25, 0.3) is 0 Å². The Morgan fingerprint density at radius 1 is 1.06 bits per heavy atom. The first kappa shape index (κ1) is 22.5. The Morgan fingerprint density at radius 2 is 1.70 bits per heavy atom. The van der Waals surface area contributed by atoms with Crippen molar-refractivity contribution in [3.05, 3.63) is 66.1 Å². The summed E-state index contributed by atoms with van der Waals surface area (Å²) in [6.07, 6.45) is 0.530. The van der Waals surface area contributed by atoms with Crippen LogP contribution in [0.25, 0.3) is 22.6 Å². The average molecular weight is 450 g/mol. The van der Waals surface area contributed by atoms with Gasteiger partial charge in [0.15, 0.2) is 5.76 Å². The summed E-state index contributed by atoms with van der Waals surface area (Å²) < 4.78 is 11.5. The Kier molecular flexibility index (Phi) is 6.20. The van der Waals surface area contributed by atoms with Gasteiger partial charge in [-0.15, -0.1) is 0 Å². The van der Waals surface area contributed by atoms with Gasteiger partial charge in [-0.3, -0.25) is 10.0 Å². The number of aromatic nitrogens is 1. The number of carbonyl (C=O) groups is 2.